The molecule has 9 heteroatoms. The number of benzene rings is 2. The van der Waals surface area contributed by atoms with Crippen LogP contribution in [0.1, 0.15) is 26.6 Å². The molecule has 0 saturated heterocycles. The van der Waals surface area contributed by atoms with E-state index in [1.807, 2.05) is 29.6 Å². The molecule has 7 nitrogen and oxygen atoms in total. The van der Waals surface area contributed by atoms with E-state index < -0.39 is 15.9 Å². The van der Waals surface area contributed by atoms with Gasteiger partial charge < -0.3 is 14.5 Å². The Morgan fingerprint density at radius 2 is 2.03 bits per heavy atom. The van der Waals surface area contributed by atoms with E-state index in [0.29, 0.717) is 36.3 Å². The van der Waals surface area contributed by atoms with Gasteiger partial charge in [0.15, 0.2) is 5.76 Å². The monoisotopic (exact) mass is 482 g/mol. The van der Waals surface area contributed by atoms with Crippen molar-refractivity contribution in [3.8, 4) is 0 Å². The molecular weight excluding hydrogens is 460 g/mol. The summed E-state index contributed by atoms with van der Waals surface area (Å²) in [6.45, 7) is 1.01. The predicted molar refractivity (Wildman–Crippen MR) is 127 cm³/mol. The second-order valence-corrected chi connectivity index (χ2v) is 10.7. The van der Waals surface area contributed by atoms with Crippen molar-refractivity contribution in [1.82, 2.24) is 4.31 Å². The van der Waals surface area contributed by atoms with Gasteiger partial charge >= 0.3 is 0 Å². The van der Waals surface area contributed by atoms with Crippen LogP contribution in [0, 0.1) is 0 Å². The average Bonchev–Trinajstić information content (AvgIpc) is 3.44. The highest BCUT2D eigenvalue weighted by molar-refractivity contribution is 7.89. The quantitative estimate of drug-likeness (QED) is 0.433. The zero-order chi connectivity index (χ0) is 23.0. The number of hydrogen-bond acceptors (Lipinski definition) is 6. The first kappa shape index (κ1) is 21.8. The van der Waals surface area contributed by atoms with Gasteiger partial charge in [0.1, 0.15) is 5.58 Å². The third-order valence-electron chi connectivity index (χ3n) is 5.70. The van der Waals surface area contributed by atoms with Crippen LogP contribution in [0.5, 0.6) is 0 Å². The molecule has 0 aliphatic carbocycles. The lowest BCUT2D eigenvalue weighted by Crippen LogP contribution is -2.35. The minimum Gasteiger partial charge on any atom is -0.451 e. The van der Waals surface area contributed by atoms with Crippen molar-refractivity contribution < 1.29 is 22.4 Å². The van der Waals surface area contributed by atoms with Crippen molar-refractivity contribution in [2.45, 2.75) is 24.5 Å². The Balaban J connectivity index is 1.41. The molecule has 2 aromatic heterocycles. The molecule has 0 saturated carbocycles. The standard InChI is InChI=1S/C24H22N2O5S2/c1-30-15-20-19-7-2-3-8-21(19)31-23(20)24(27)25-17-5-4-6-18(13-17)33(28,29)26-11-9-22-16(14-26)10-12-32-22/h2-8,10,12-13H,9,11,14-15H2,1H3,(H,25,27). The maximum absolute atomic E-state index is 13.3. The highest BCUT2D eigenvalue weighted by Gasteiger charge is 2.29. The molecule has 1 aliphatic heterocycles. The Morgan fingerprint density at radius 3 is 2.88 bits per heavy atom. The number of nitrogens with zero attached hydrogens (tertiary/aromatic N) is 1. The van der Waals surface area contributed by atoms with Crippen LogP contribution in [0.15, 0.2) is 69.3 Å². The van der Waals surface area contributed by atoms with Gasteiger partial charge in [0, 0.05) is 41.7 Å². The Labute approximate surface area is 195 Å². The van der Waals surface area contributed by atoms with Crippen molar-refractivity contribution in [2.24, 2.45) is 0 Å². The van der Waals surface area contributed by atoms with Crippen LogP contribution in [0.3, 0.4) is 0 Å². The number of sulfonamides is 1. The summed E-state index contributed by atoms with van der Waals surface area (Å²) in [6, 6.07) is 15.6. The minimum absolute atomic E-state index is 0.140. The molecule has 0 spiro atoms. The van der Waals surface area contributed by atoms with Gasteiger partial charge in [-0.05, 0) is 47.7 Å². The zero-order valence-electron chi connectivity index (χ0n) is 17.9. The molecule has 1 amide bonds. The second-order valence-electron chi connectivity index (χ2n) is 7.78. The van der Waals surface area contributed by atoms with E-state index in [2.05, 4.69) is 5.32 Å². The number of carbonyl (C=O) groups excluding carboxylic acids is 1. The summed E-state index contributed by atoms with van der Waals surface area (Å²) in [6.07, 6.45) is 0.705. The first-order valence-electron chi connectivity index (χ1n) is 10.4. The summed E-state index contributed by atoms with van der Waals surface area (Å²) in [5, 5.41) is 5.57. The fourth-order valence-corrected chi connectivity index (χ4v) is 6.42. The molecule has 0 unspecified atom stereocenters. The summed E-state index contributed by atoms with van der Waals surface area (Å²) >= 11 is 1.66. The molecule has 0 radical (unpaired) electrons. The molecule has 0 fully saturated rings. The lowest BCUT2D eigenvalue weighted by Gasteiger charge is -2.26. The van der Waals surface area contributed by atoms with E-state index in [-0.39, 0.29) is 17.3 Å². The Kier molecular flexibility index (Phi) is 5.79. The third-order valence-corrected chi connectivity index (χ3v) is 8.56. The maximum atomic E-state index is 13.3. The van der Waals surface area contributed by atoms with E-state index in [1.54, 1.807) is 42.7 Å². The van der Waals surface area contributed by atoms with Crippen molar-refractivity contribution in [3.05, 3.63) is 81.7 Å². The van der Waals surface area contributed by atoms with Gasteiger partial charge in [-0.25, -0.2) is 8.42 Å². The van der Waals surface area contributed by atoms with E-state index in [4.69, 9.17) is 9.15 Å². The molecule has 1 aliphatic rings. The number of ether oxygens (including phenoxy) is 1. The van der Waals surface area contributed by atoms with Gasteiger partial charge in [-0.1, -0.05) is 24.3 Å². The normalized spacial score (nSPS) is 14.3. The van der Waals surface area contributed by atoms with Gasteiger partial charge in [0.2, 0.25) is 10.0 Å². The molecule has 1 N–H and O–H groups in total. The maximum Gasteiger partial charge on any atom is 0.291 e. The molecule has 33 heavy (non-hydrogen) atoms. The number of anilines is 1. The van der Waals surface area contributed by atoms with E-state index in [1.165, 1.54) is 15.2 Å². The van der Waals surface area contributed by atoms with Crippen LogP contribution >= 0.6 is 11.3 Å². The fourth-order valence-electron chi connectivity index (χ4n) is 4.07. The number of thiophene rings is 1. The van der Waals surface area contributed by atoms with Gasteiger partial charge in [-0.2, -0.15) is 4.31 Å². The number of furan rings is 1. The Hall–Kier alpha value is -2.98. The van der Waals surface area contributed by atoms with Crippen LogP contribution in [0.4, 0.5) is 5.69 Å². The number of fused-ring (bicyclic) bond motifs is 2. The molecule has 170 valence electrons. The van der Waals surface area contributed by atoms with Crippen LogP contribution in [0.2, 0.25) is 0 Å². The Bertz CT molecular complexity index is 1440. The number of methoxy groups -OCH3 is 1. The minimum atomic E-state index is -3.70. The predicted octanol–water partition coefficient (Wildman–Crippen LogP) is 4.64. The lowest BCUT2D eigenvalue weighted by molar-refractivity contribution is 0.0992. The van der Waals surface area contributed by atoms with Crippen LogP contribution in [-0.2, 0) is 34.3 Å². The smallest absolute Gasteiger partial charge is 0.291 e. The second kappa shape index (κ2) is 8.75. The van der Waals surface area contributed by atoms with Gasteiger partial charge in [0.05, 0.1) is 11.5 Å². The molecule has 3 heterocycles. The lowest BCUT2D eigenvalue weighted by atomic mass is 10.1. The Morgan fingerprint density at radius 1 is 1.18 bits per heavy atom. The van der Waals surface area contributed by atoms with E-state index in [9.17, 15) is 13.2 Å². The van der Waals surface area contributed by atoms with Gasteiger partial charge in [-0.15, -0.1) is 11.3 Å². The summed E-state index contributed by atoms with van der Waals surface area (Å²) < 4.78 is 39.1. The van der Waals surface area contributed by atoms with Crippen molar-refractivity contribution in [1.29, 1.82) is 0 Å². The number of hydrogen-bond donors (Lipinski definition) is 1. The van der Waals surface area contributed by atoms with E-state index in [0.717, 1.165) is 10.9 Å². The number of para-hydroxylation sites is 1. The molecule has 4 aromatic rings. The molecule has 0 bridgehead atoms. The van der Waals surface area contributed by atoms with Gasteiger partial charge in [-0.3, -0.25) is 4.79 Å². The van der Waals surface area contributed by atoms with Crippen molar-refractivity contribution in [2.75, 3.05) is 19.0 Å². The largest absolute Gasteiger partial charge is 0.451 e. The third kappa shape index (κ3) is 4.08. The average molecular weight is 483 g/mol. The van der Waals surface area contributed by atoms with Crippen LogP contribution < -0.4 is 5.32 Å². The summed E-state index contributed by atoms with van der Waals surface area (Å²) in [7, 11) is -2.15. The molecular formula is C24H22N2O5S2. The number of carbonyl (C=O) groups is 1. The number of rotatable bonds is 6. The summed E-state index contributed by atoms with van der Waals surface area (Å²) in [4.78, 5) is 14.4. The molecule has 5 rings (SSSR count). The highest BCUT2D eigenvalue weighted by atomic mass is 32.2. The van der Waals surface area contributed by atoms with Gasteiger partial charge in [0.25, 0.3) is 5.91 Å². The van der Waals surface area contributed by atoms with Crippen LogP contribution in [-0.4, -0.2) is 32.3 Å². The summed E-state index contributed by atoms with van der Waals surface area (Å²) in [5.74, 6) is -0.319. The first-order chi connectivity index (χ1) is 16.0. The summed E-state index contributed by atoms with van der Waals surface area (Å²) in [5.41, 5.74) is 2.66. The van der Waals surface area contributed by atoms with Crippen LogP contribution in [0.25, 0.3) is 11.0 Å². The van der Waals surface area contributed by atoms with E-state index >= 15 is 0 Å². The SMILES string of the molecule is COCc1c(C(=O)Nc2cccc(S(=O)(=O)N3CCc4sccc4C3)c2)oc2ccccc12. The highest BCUT2D eigenvalue weighted by Crippen LogP contribution is 2.30. The topological polar surface area (TPSA) is 88.8 Å². The van der Waals surface area contributed by atoms with Crippen molar-refractivity contribution in [3.63, 3.8) is 0 Å². The van der Waals surface area contributed by atoms with Crippen molar-refractivity contribution >= 4 is 43.9 Å². The number of nitrogens with one attached hydrogen (secondary N) is 1. The fraction of sp³-hybridized carbons (Fsp3) is 0.208. The zero-order valence-corrected chi connectivity index (χ0v) is 19.5. The first-order valence-corrected chi connectivity index (χ1v) is 12.8. The molecule has 2 aromatic carbocycles. The molecule has 0 atom stereocenters. The number of amides is 1.